The number of halogens is 1. The van der Waals surface area contributed by atoms with Crippen molar-refractivity contribution in [2.75, 3.05) is 43.4 Å². The van der Waals surface area contributed by atoms with Crippen molar-refractivity contribution in [1.82, 2.24) is 19.2 Å². The van der Waals surface area contributed by atoms with Crippen molar-refractivity contribution in [2.24, 2.45) is 0 Å². The van der Waals surface area contributed by atoms with Gasteiger partial charge in [0.05, 0.1) is 10.5 Å². The molecule has 1 fully saturated rings. The van der Waals surface area contributed by atoms with E-state index >= 15 is 0 Å². The van der Waals surface area contributed by atoms with Gasteiger partial charge in [0, 0.05) is 50.3 Å². The van der Waals surface area contributed by atoms with Gasteiger partial charge in [-0.05, 0) is 67.4 Å². The second kappa shape index (κ2) is 10.5. The van der Waals surface area contributed by atoms with Gasteiger partial charge < -0.3 is 15.7 Å². The lowest BCUT2D eigenvalue weighted by Crippen LogP contribution is -2.55. The minimum atomic E-state index is -3.76. The zero-order valence-electron chi connectivity index (χ0n) is 20.2. The van der Waals surface area contributed by atoms with Crippen LogP contribution in [0, 0.1) is 5.82 Å². The van der Waals surface area contributed by atoms with Gasteiger partial charge in [-0.1, -0.05) is 12.2 Å². The molecule has 2 aromatic carbocycles. The average molecular weight is 525 g/mol. The number of aromatic nitrogens is 2. The molecular weight excluding hydrogens is 495 g/mol. The Morgan fingerprint density at radius 3 is 2.38 bits per heavy atom. The standard InChI is InChI=1S/C26H29FN6O3S/c27-20-4-6-21(7-5-20)29-24-12-14-28-25(31-24)30-22-8-10-23(11-9-22)37(35,36)33-17-3-13-26(34,19-33)18-32-15-1-2-16-32/h1-2,4-12,14,34H,3,13,15-19H2,(H2,28,29,30,31). The van der Waals surface area contributed by atoms with Gasteiger partial charge in [0.2, 0.25) is 16.0 Å². The molecule has 3 aromatic rings. The number of nitrogens with zero attached hydrogens (tertiary/aromatic N) is 4. The molecule has 9 nitrogen and oxygen atoms in total. The van der Waals surface area contributed by atoms with Gasteiger partial charge in [-0.2, -0.15) is 9.29 Å². The molecule has 1 atom stereocenters. The second-order valence-corrected chi connectivity index (χ2v) is 11.3. The van der Waals surface area contributed by atoms with E-state index in [0.29, 0.717) is 49.1 Å². The normalized spacial score (nSPS) is 20.7. The maximum Gasteiger partial charge on any atom is 0.243 e. The van der Waals surface area contributed by atoms with Crippen molar-refractivity contribution in [3.05, 3.63) is 78.8 Å². The van der Waals surface area contributed by atoms with Crippen LogP contribution in [-0.2, 0) is 10.0 Å². The third-order valence-corrected chi connectivity index (χ3v) is 8.31. The summed E-state index contributed by atoms with van der Waals surface area (Å²) in [5.74, 6) is 0.516. The summed E-state index contributed by atoms with van der Waals surface area (Å²) in [5, 5.41) is 17.3. The van der Waals surface area contributed by atoms with Gasteiger partial charge in [0.15, 0.2) is 0 Å². The number of hydrogen-bond acceptors (Lipinski definition) is 8. The van der Waals surface area contributed by atoms with Gasteiger partial charge in [-0.15, -0.1) is 0 Å². The van der Waals surface area contributed by atoms with E-state index in [1.54, 1.807) is 36.5 Å². The summed E-state index contributed by atoms with van der Waals surface area (Å²) >= 11 is 0. The van der Waals surface area contributed by atoms with Gasteiger partial charge in [0.1, 0.15) is 11.6 Å². The smallest absolute Gasteiger partial charge is 0.243 e. The van der Waals surface area contributed by atoms with Crippen molar-refractivity contribution >= 4 is 33.2 Å². The van der Waals surface area contributed by atoms with Crippen molar-refractivity contribution in [3.63, 3.8) is 0 Å². The summed E-state index contributed by atoms with van der Waals surface area (Å²) < 4.78 is 41.2. The monoisotopic (exact) mass is 524 g/mol. The summed E-state index contributed by atoms with van der Waals surface area (Å²) in [4.78, 5) is 10.9. The van der Waals surface area contributed by atoms with Gasteiger partial charge in [-0.3, -0.25) is 4.90 Å². The fourth-order valence-corrected chi connectivity index (χ4v) is 6.19. The predicted molar refractivity (Wildman–Crippen MR) is 140 cm³/mol. The SMILES string of the molecule is O=S(=O)(c1ccc(Nc2nccc(Nc3ccc(F)cc3)n2)cc1)N1CCCC(O)(CN2CC=CC2)C1. The third-order valence-electron chi connectivity index (χ3n) is 6.45. The quantitative estimate of drug-likeness (QED) is 0.384. The highest BCUT2D eigenvalue weighted by atomic mass is 32.2. The topological polar surface area (TPSA) is 111 Å². The molecule has 0 radical (unpaired) electrons. The fraction of sp³-hybridized carbons (Fsp3) is 0.308. The Balaban J connectivity index is 1.24. The lowest BCUT2D eigenvalue weighted by atomic mass is 9.93. The van der Waals surface area contributed by atoms with Crippen LogP contribution in [0.15, 0.2) is 77.8 Å². The Hall–Kier alpha value is -3.38. The molecule has 2 aliphatic heterocycles. The Morgan fingerprint density at radius 2 is 1.65 bits per heavy atom. The summed E-state index contributed by atoms with van der Waals surface area (Å²) in [6.45, 7) is 2.46. The molecule has 1 aromatic heterocycles. The summed E-state index contributed by atoms with van der Waals surface area (Å²) in [6, 6.07) is 14.0. The summed E-state index contributed by atoms with van der Waals surface area (Å²) in [5.41, 5.74) is 0.236. The number of β-amino-alcohol motifs (C(OH)–C–C–N with tert-alkyl or cyclic N) is 1. The predicted octanol–water partition coefficient (Wildman–Crippen LogP) is 3.49. The van der Waals surface area contributed by atoms with Crippen LogP contribution in [0.3, 0.4) is 0 Å². The third kappa shape index (κ3) is 6.13. The minimum absolute atomic E-state index is 0.0769. The van der Waals surface area contributed by atoms with E-state index < -0.39 is 15.6 Å². The van der Waals surface area contributed by atoms with Crippen LogP contribution in [0.1, 0.15) is 12.8 Å². The molecule has 0 amide bonds. The maximum atomic E-state index is 13.3. The lowest BCUT2D eigenvalue weighted by Gasteiger charge is -2.40. The van der Waals surface area contributed by atoms with Crippen molar-refractivity contribution in [2.45, 2.75) is 23.3 Å². The molecule has 37 heavy (non-hydrogen) atoms. The maximum absolute atomic E-state index is 13.3. The largest absolute Gasteiger partial charge is 0.387 e. The van der Waals surface area contributed by atoms with E-state index in [1.165, 1.54) is 28.6 Å². The van der Waals surface area contributed by atoms with Crippen molar-refractivity contribution < 1.29 is 17.9 Å². The van der Waals surface area contributed by atoms with Crippen LogP contribution in [0.2, 0.25) is 0 Å². The lowest BCUT2D eigenvalue weighted by molar-refractivity contribution is -0.0295. The van der Waals surface area contributed by atoms with E-state index in [1.807, 2.05) is 0 Å². The molecule has 194 valence electrons. The minimum Gasteiger partial charge on any atom is -0.387 e. The van der Waals surface area contributed by atoms with Crippen LogP contribution in [0.5, 0.6) is 0 Å². The van der Waals surface area contributed by atoms with E-state index in [2.05, 4.69) is 37.7 Å². The number of benzene rings is 2. The number of sulfonamides is 1. The second-order valence-electron chi connectivity index (χ2n) is 9.38. The molecule has 1 unspecified atom stereocenters. The zero-order valence-corrected chi connectivity index (χ0v) is 21.0. The first-order chi connectivity index (χ1) is 17.8. The molecule has 3 N–H and O–H groups in total. The first-order valence-corrected chi connectivity index (χ1v) is 13.6. The van der Waals surface area contributed by atoms with E-state index in [4.69, 9.17) is 0 Å². The molecule has 0 bridgehead atoms. The van der Waals surface area contributed by atoms with Crippen LogP contribution >= 0.6 is 0 Å². The number of anilines is 4. The number of rotatable bonds is 8. The zero-order chi connectivity index (χ0) is 25.9. The molecule has 0 saturated carbocycles. The Kier molecular flexibility index (Phi) is 7.20. The molecule has 0 aliphatic carbocycles. The highest BCUT2D eigenvalue weighted by molar-refractivity contribution is 7.89. The molecule has 5 rings (SSSR count). The summed E-state index contributed by atoms with van der Waals surface area (Å²) in [6.07, 6.45) is 6.87. The molecule has 3 heterocycles. The van der Waals surface area contributed by atoms with Crippen molar-refractivity contribution in [1.29, 1.82) is 0 Å². The van der Waals surface area contributed by atoms with Crippen LogP contribution in [0.4, 0.5) is 27.5 Å². The number of aliphatic hydroxyl groups is 1. The number of piperidine rings is 1. The Morgan fingerprint density at radius 1 is 0.973 bits per heavy atom. The van der Waals surface area contributed by atoms with Crippen LogP contribution in [0.25, 0.3) is 0 Å². The highest BCUT2D eigenvalue weighted by Crippen LogP contribution is 2.28. The van der Waals surface area contributed by atoms with Gasteiger partial charge >= 0.3 is 0 Å². The van der Waals surface area contributed by atoms with Crippen LogP contribution < -0.4 is 10.6 Å². The number of nitrogens with one attached hydrogen (secondary N) is 2. The first kappa shape index (κ1) is 25.3. The molecule has 0 spiro atoms. The number of hydrogen-bond donors (Lipinski definition) is 3. The van der Waals surface area contributed by atoms with E-state index in [-0.39, 0.29) is 17.3 Å². The molecule has 11 heteroatoms. The highest BCUT2D eigenvalue weighted by Gasteiger charge is 2.39. The Bertz CT molecular complexity index is 1360. The molecular formula is C26H29FN6O3S. The van der Waals surface area contributed by atoms with Gasteiger partial charge in [-0.25, -0.2) is 17.8 Å². The van der Waals surface area contributed by atoms with E-state index in [0.717, 1.165) is 13.1 Å². The van der Waals surface area contributed by atoms with E-state index in [9.17, 15) is 17.9 Å². The fourth-order valence-electron chi connectivity index (χ4n) is 4.63. The van der Waals surface area contributed by atoms with Crippen LogP contribution in [-0.4, -0.2) is 71.0 Å². The first-order valence-electron chi connectivity index (χ1n) is 12.1. The van der Waals surface area contributed by atoms with Crippen molar-refractivity contribution in [3.8, 4) is 0 Å². The van der Waals surface area contributed by atoms with Gasteiger partial charge in [0.25, 0.3) is 0 Å². The Labute approximate surface area is 215 Å². The molecule has 2 aliphatic rings. The molecule has 1 saturated heterocycles. The summed E-state index contributed by atoms with van der Waals surface area (Å²) in [7, 11) is -3.76. The average Bonchev–Trinajstić information content (AvgIpc) is 3.38.